The molecule has 1 aliphatic rings. The molecule has 0 unspecified atom stereocenters. The van der Waals surface area contributed by atoms with Gasteiger partial charge in [0.25, 0.3) is 0 Å². The van der Waals surface area contributed by atoms with Crippen LogP contribution in [0.15, 0.2) is 18.2 Å². The molecule has 2 aromatic rings. The van der Waals surface area contributed by atoms with Crippen molar-refractivity contribution >= 4 is 10.9 Å². The number of β-amino-alcohol motifs (C(OH)–C–C–N with tert-alkyl or cyclic N) is 1. The molecule has 0 amide bonds. The largest absolute Gasteiger partial charge is 0.390 e. The van der Waals surface area contributed by atoms with Gasteiger partial charge < -0.3 is 9.67 Å². The molecule has 1 N–H and O–H groups in total. The number of aryl methyl sites for hydroxylation is 2. The maximum absolute atomic E-state index is 10.7. The molecular weight excluding hydrogens is 284 g/mol. The number of hydrogen-bond donors (Lipinski definition) is 1. The summed E-state index contributed by atoms with van der Waals surface area (Å²) >= 11 is 0. The number of fused-ring (bicyclic) bond motifs is 1. The lowest BCUT2D eigenvalue weighted by atomic mass is 10.0. The van der Waals surface area contributed by atoms with Gasteiger partial charge in [0.2, 0.25) is 0 Å². The van der Waals surface area contributed by atoms with Gasteiger partial charge in [-0.1, -0.05) is 18.1 Å². The molecule has 0 spiro atoms. The number of rotatable bonds is 4. The molecule has 1 saturated heterocycles. The van der Waals surface area contributed by atoms with Gasteiger partial charge in [-0.25, -0.2) is 0 Å². The highest BCUT2D eigenvalue weighted by atomic mass is 16.3. The van der Waals surface area contributed by atoms with Crippen molar-refractivity contribution in [2.24, 2.45) is 0 Å². The van der Waals surface area contributed by atoms with Crippen molar-refractivity contribution in [2.75, 3.05) is 13.1 Å². The van der Waals surface area contributed by atoms with Crippen molar-refractivity contribution in [3.8, 4) is 0 Å². The van der Waals surface area contributed by atoms with E-state index in [4.69, 9.17) is 0 Å². The van der Waals surface area contributed by atoms with Crippen LogP contribution in [-0.4, -0.2) is 39.8 Å². The van der Waals surface area contributed by atoms with Crippen molar-refractivity contribution in [3.05, 3.63) is 35.0 Å². The third-order valence-electron chi connectivity index (χ3n) is 5.57. The van der Waals surface area contributed by atoms with Gasteiger partial charge in [-0.05, 0) is 64.8 Å². The number of hydrogen-bond acceptors (Lipinski definition) is 2. The molecule has 1 fully saturated rings. The van der Waals surface area contributed by atoms with Gasteiger partial charge in [0, 0.05) is 29.2 Å². The molecular formula is C20H30N2O. The first-order valence-corrected chi connectivity index (χ1v) is 8.95. The van der Waals surface area contributed by atoms with Crippen LogP contribution in [0.25, 0.3) is 10.9 Å². The number of piperidine rings is 1. The summed E-state index contributed by atoms with van der Waals surface area (Å²) in [5, 5.41) is 12.0. The fraction of sp³-hybridized carbons (Fsp3) is 0.600. The lowest BCUT2D eigenvalue weighted by Crippen LogP contribution is -2.43. The van der Waals surface area contributed by atoms with Gasteiger partial charge in [-0.3, -0.25) is 4.90 Å². The number of aliphatic hydroxyl groups is 1. The van der Waals surface area contributed by atoms with Gasteiger partial charge >= 0.3 is 0 Å². The Morgan fingerprint density at radius 1 is 1.17 bits per heavy atom. The van der Waals surface area contributed by atoms with Crippen LogP contribution >= 0.6 is 0 Å². The van der Waals surface area contributed by atoms with Gasteiger partial charge in [0.1, 0.15) is 0 Å². The number of aliphatic hydroxyl groups excluding tert-OH is 1. The lowest BCUT2D eigenvalue weighted by Gasteiger charge is -2.34. The number of likely N-dealkylation sites (tertiary alicyclic amines) is 1. The van der Waals surface area contributed by atoms with Gasteiger partial charge in [-0.15, -0.1) is 0 Å². The second kappa shape index (κ2) is 6.66. The second-order valence-electron chi connectivity index (χ2n) is 7.34. The summed E-state index contributed by atoms with van der Waals surface area (Å²) in [6, 6.07) is 7.22. The Morgan fingerprint density at radius 2 is 1.96 bits per heavy atom. The quantitative estimate of drug-likeness (QED) is 0.930. The van der Waals surface area contributed by atoms with Crippen molar-refractivity contribution in [1.82, 2.24) is 9.47 Å². The third-order valence-corrected chi connectivity index (χ3v) is 5.57. The van der Waals surface area contributed by atoms with E-state index in [1.54, 1.807) is 0 Å². The van der Waals surface area contributed by atoms with E-state index in [0.29, 0.717) is 12.6 Å². The number of nitrogens with zero attached hydrogens (tertiary/aromatic N) is 2. The smallest absolute Gasteiger partial charge is 0.0845 e. The minimum Gasteiger partial charge on any atom is -0.390 e. The summed E-state index contributed by atoms with van der Waals surface area (Å²) in [5.74, 6) is 0. The molecule has 2 heterocycles. The van der Waals surface area contributed by atoms with Gasteiger partial charge in [-0.2, -0.15) is 0 Å². The minimum absolute atomic E-state index is 0.314. The zero-order chi connectivity index (χ0) is 16.6. The molecule has 1 aromatic heterocycles. The topological polar surface area (TPSA) is 28.4 Å². The van der Waals surface area contributed by atoms with E-state index in [1.165, 1.54) is 47.0 Å². The lowest BCUT2D eigenvalue weighted by molar-refractivity contribution is 0.0641. The van der Waals surface area contributed by atoms with E-state index in [1.807, 2.05) is 0 Å². The van der Waals surface area contributed by atoms with Crippen LogP contribution in [0.3, 0.4) is 0 Å². The molecule has 1 aliphatic heterocycles. The fourth-order valence-electron chi connectivity index (χ4n) is 3.97. The second-order valence-corrected chi connectivity index (χ2v) is 7.34. The Hall–Kier alpha value is -1.32. The van der Waals surface area contributed by atoms with E-state index >= 15 is 0 Å². The number of aromatic nitrogens is 1. The maximum atomic E-state index is 10.7. The molecule has 126 valence electrons. The molecule has 0 radical (unpaired) electrons. The molecule has 1 aromatic carbocycles. The van der Waals surface area contributed by atoms with Crippen molar-refractivity contribution in [3.63, 3.8) is 0 Å². The van der Waals surface area contributed by atoms with Crippen molar-refractivity contribution in [1.29, 1.82) is 0 Å². The van der Waals surface area contributed by atoms with E-state index in [-0.39, 0.29) is 6.10 Å². The highest BCUT2D eigenvalue weighted by molar-refractivity contribution is 5.85. The predicted molar refractivity (Wildman–Crippen MR) is 97.0 cm³/mol. The van der Waals surface area contributed by atoms with Crippen molar-refractivity contribution < 1.29 is 5.11 Å². The summed E-state index contributed by atoms with van der Waals surface area (Å²) in [4.78, 5) is 2.45. The van der Waals surface area contributed by atoms with Crippen LogP contribution in [0.2, 0.25) is 0 Å². The Balaban J connectivity index is 1.79. The van der Waals surface area contributed by atoms with E-state index in [0.717, 1.165) is 13.1 Å². The molecule has 3 heteroatoms. The molecule has 2 atom stereocenters. The summed E-state index contributed by atoms with van der Waals surface area (Å²) in [7, 11) is 0. The van der Waals surface area contributed by atoms with Gasteiger partial charge in [0.05, 0.1) is 12.6 Å². The van der Waals surface area contributed by atoms with Crippen LogP contribution in [0.4, 0.5) is 0 Å². The predicted octanol–water partition coefficient (Wildman–Crippen LogP) is 3.80. The molecule has 0 bridgehead atoms. The molecule has 3 rings (SSSR count). The zero-order valence-electron chi connectivity index (χ0n) is 15.0. The molecule has 23 heavy (non-hydrogen) atoms. The van der Waals surface area contributed by atoms with Crippen LogP contribution in [0, 0.1) is 20.8 Å². The summed E-state index contributed by atoms with van der Waals surface area (Å²) in [6.07, 6.45) is 3.54. The Labute approximate surface area is 139 Å². The van der Waals surface area contributed by atoms with E-state index in [2.05, 4.69) is 55.4 Å². The van der Waals surface area contributed by atoms with Crippen LogP contribution < -0.4 is 0 Å². The summed E-state index contributed by atoms with van der Waals surface area (Å²) < 4.78 is 2.30. The SMILES string of the molecule is Cc1ccc2c(c1)c(C)c(C)n2C[C@@H](O)CN1CCCC[C@@H]1C. The first-order chi connectivity index (χ1) is 11.0. The van der Waals surface area contributed by atoms with E-state index < -0.39 is 0 Å². The Kier molecular flexibility index (Phi) is 4.79. The highest BCUT2D eigenvalue weighted by Gasteiger charge is 2.22. The Morgan fingerprint density at radius 3 is 2.70 bits per heavy atom. The maximum Gasteiger partial charge on any atom is 0.0845 e. The van der Waals surface area contributed by atoms with Gasteiger partial charge in [0.15, 0.2) is 0 Å². The number of benzene rings is 1. The van der Waals surface area contributed by atoms with Crippen LogP contribution in [0.5, 0.6) is 0 Å². The standard InChI is InChI=1S/C20H30N2O/c1-14-8-9-20-19(11-14)16(3)17(4)22(20)13-18(23)12-21-10-6-5-7-15(21)2/h8-9,11,15,18,23H,5-7,10,12-13H2,1-4H3/t15-,18-/m0/s1. The fourth-order valence-corrected chi connectivity index (χ4v) is 3.97. The third kappa shape index (κ3) is 3.31. The average Bonchev–Trinajstić information content (AvgIpc) is 2.74. The minimum atomic E-state index is -0.314. The average molecular weight is 314 g/mol. The summed E-state index contributed by atoms with van der Waals surface area (Å²) in [5.41, 5.74) is 5.15. The molecule has 3 nitrogen and oxygen atoms in total. The molecule has 0 saturated carbocycles. The van der Waals surface area contributed by atoms with Crippen LogP contribution in [0.1, 0.15) is 43.0 Å². The summed E-state index contributed by atoms with van der Waals surface area (Å²) in [6.45, 7) is 11.4. The first-order valence-electron chi connectivity index (χ1n) is 8.95. The Bertz CT molecular complexity index is 688. The molecule has 0 aliphatic carbocycles. The highest BCUT2D eigenvalue weighted by Crippen LogP contribution is 2.26. The van der Waals surface area contributed by atoms with Crippen LogP contribution in [-0.2, 0) is 6.54 Å². The first kappa shape index (κ1) is 16.5. The van der Waals surface area contributed by atoms with E-state index in [9.17, 15) is 5.11 Å². The normalized spacial score (nSPS) is 21.0. The zero-order valence-corrected chi connectivity index (χ0v) is 15.0. The van der Waals surface area contributed by atoms with Crippen molar-refractivity contribution in [2.45, 2.75) is 65.6 Å². The monoisotopic (exact) mass is 314 g/mol.